The van der Waals surface area contributed by atoms with Crippen LogP contribution in [0.1, 0.15) is 36.8 Å². The molecule has 0 aliphatic heterocycles. The molecule has 5 heteroatoms. The third kappa shape index (κ3) is 4.21. The normalized spacial score (nSPS) is 11.4. The zero-order valence-electron chi connectivity index (χ0n) is 12.2. The van der Waals surface area contributed by atoms with Gasteiger partial charge >= 0.3 is 0 Å². The van der Waals surface area contributed by atoms with Crippen molar-refractivity contribution < 1.29 is 4.79 Å². The van der Waals surface area contributed by atoms with Gasteiger partial charge in [0.2, 0.25) is 5.91 Å². The molecule has 1 rings (SSSR count). The summed E-state index contributed by atoms with van der Waals surface area (Å²) in [6.07, 6.45) is 0. The van der Waals surface area contributed by atoms with Crippen molar-refractivity contribution in [2.24, 2.45) is 16.9 Å². The molecule has 0 unspecified atom stereocenters. The van der Waals surface area contributed by atoms with Gasteiger partial charge in [0.05, 0.1) is 0 Å². The average Bonchev–Trinajstić information content (AvgIpc) is 2.35. The average molecular weight is 264 g/mol. The van der Waals surface area contributed by atoms with Crippen molar-refractivity contribution in [3.63, 3.8) is 0 Å². The number of amides is 1. The van der Waals surface area contributed by atoms with E-state index in [-0.39, 0.29) is 5.41 Å². The lowest BCUT2D eigenvalue weighted by Crippen LogP contribution is -2.39. The minimum absolute atomic E-state index is 0.00563. The molecular weight excluding hydrogens is 240 g/mol. The van der Waals surface area contributed by atoms with E-state index in [1.807, 2.05) is 6.92 Å². The summed E-state index contributed by atoms with van der Waals surface area (Å²) in [7, 11) is 0. The van der Waals surface area contributed by atoms with Gasteiger partial charge in [-0.2, -0.15) is 0 Å². The Hall–Kier alpha value is -1.62. The molecule has 0 aliphatic carbocycles. The van der Waals surface area contributed by atoms with Gasteiger partial charge in [0.1, 0.15) is 5.82 Å². The molecule has 0 saturated heterocycles. The second-order valence-corrected chi connectivity index (χ2v) is 5.60. The summed E-state index contributed by atoms with van der Waals surface area (Å²) >= 11 is 0. The van der Waals surface area contributed by atoms with E-state index in [1.165, 1.54) is 0 Å². The van der Waals surface area contributed by atoms with Gasteiger partial charge in [-0.25, -0.2) is 4.98 Å². The number of hydrogen-bond donors (Lipinski definition) is 2. The molecule has 1 aromatic heterocycles. The molecule has 1 heterocycles. The van der Waals surface area contributed by atoms with Gasteiger partial charge in [0, 0.05) is 24.3 Å². The zero-order chi connectivity index (χ0) is 14.6. The molecule has 0 atom stereocenters. The lowest BCUT2D eigenvalue weighted by Gasteiger charge is -2.32. The molecule has 19 heavy (non-hydrogen) atoms. The Bertz CT molecular complexity index is 457. The monoisotopic (exact) mass is 264 g/mol. The number of rotatable bonds is 6. The summed E-state index contributed by atoms with van der Waals surface area (Å²) in [5.74, 6) is 0.346. The summed E-state index contributed by atoms with van der Waals surface area (Å²) in [6.45, 7) is 10.3. The SMILES string of the molecule is CCN(CC(C)(C)CN)c1cc(C(N)=O)cc(C)n1. The molecular formula is C14H24N4O. The summed E-state index contributed by atoms with van der Waals surface area (Å²) in [4.78, 5) is 17.9. The second-order valence-electron chi connectivity index (χ2n) is 5.60. The molecule has 106 valence electrons. The second kappa shape index (κ2) is 6.02. The number of pyridine rings is 1. The minimum atomic E-state index is -0.430. The number of carbonyl (C=O) groups excluding carboxylic acids is 1. The number of aryl methyl sites for hydroxylation is 1. The van der Waals surface area contributed by atoms with Crippen LogP contribution < -0.4 is 16.4 Å². The van der Waals surface area contributed by atoms with Gasteiger partial charge in [-0.3, -0.25) is 4.79 Å². The van der Waals surface area contributed by atoms with Crippen molar-refractivity contribution in [1.82, 2.24) is 4.98 Å². The number of anilines is 1. The molecule has 0 radical (unpaired) electrons. The zero-order valence-corrected chi connectivity index (χ0v) is 12.2. The third-order valence-corrected chi connectivity index (χ3v) is 3.10. The molecule has 5 nitrogen and oxygen atoms in total. The maximum Gasteiger partial charge on any atom is 0.248 e. The fourth-order valence-corrected chi connectivity index (χ4v) is 1.89. The number of hydrogen-bond acceptors (Lipinski definition) is 4. The van der Waals surface area contributed by atoms with Crippen molar-refractivity contribution in [2.75, 3.05) is 24.5 Å². The van der Waals surface area contributed by atoms with Crippen LogP contribution in [-0.4, -0.2) is 30.5 Å². The van der Waals surface area contributed by atoms with Crippen LogP contribution in [0.2, 0.25) is 0 Å². The molecule has 0 bridgehead atoms. The fourth-order valence-electron chi connectivity index (χ4n) is 1.89. The number of carbonyl (C=O) groups is 1. The standard InChI is InChI=1S/C14H24N4O/c1-5-18(9-14(3,4)8-15)12-7-11(13(16)19)6-10(2)17-12/h6-7H,5,8-9,15H2,1-4H3,(H2,16,19). The summed E-state index contributed by atoms with van der Waals surface area (Å²) in [5.41, 5.74) is 12.4. The Morgan fingerprint density at radius 1 is 1.42 bits per heavy atom. The predicted molar refractivity (Wildman–Crippen MR) is 78.2 cm³/mol. The van der Waals surface area contributed by atoms with E-state index in [0.29, 0.717) is 12.1 Å². The highest BCUT2D eigenvalue weighted by Gasteiger charge is 2.21. The van der Waals surface area contributed by atoms with Crippen LogP contribution >= 0.6 is 0 Å². The molecule has 4 N–H and O–H groups in total. The molecule has 0 fully saturated rings. The van der Waals surface area contributed by atoms with Crippen LogP contribution in [0.25, 0.3) is 0 Å². The van der Waals surface area contributed by atoms with Crippen molar-refractivity contribution in [2.45, 2.75) is 27.7 Å². The molecule has 0 spiro atoms. The van der Waals surface area contributed by atoms with Gasteiger partial charge in [-0.05, 0) is 37.9 Å². The van der Waals surface area contributed by atoms with E-state index in [4.69, 9.17) is 11.5 Å². The highest BCUT2D eigenvalue weighted by Crippen LogP contribution is 2.21. The fraction of sp³-hybridized carbons (Fsp3) is 0.571. The van der Waals surface area contributed by atoms with Crippen LogP contribution in [0.4, 0.5) is 5.82 Å². The lowest BCUT2D eigenvalue weighted by atomic mass is 9.93. The first-order valence-corrected chi connectivity index (χ1v) is 6.52. The highest BCUT2D eigenvalue weighted by molar-refractivity contribution is 5.93. The Balaban J connectivity index is 3.08. The molecule has 1 aromatic rings. The van der Waals surface area contributed by atoms with E-state index in [9.17, 15) is 4.79 Å². The topological polar surface area (TPSA) is 85.2 Å². The van der Waals surface area contributed by atoms with E-state index in [2.05, 4.69) is 30.7 Å². The summed E-state index contributed by atoms with van der Waals surface area (Å²) in [5, 5.41) is 0. The molecule has 0 aromatic carbocycles. The smallest absolute Gasteiger partial charge is 0.248 e. The maximum atomic E-state index is 11.3. The van der Waals surface area contributed by atoms with Crippen LogP contribution in [-0.2, 0) is 0 Å². The Labute approximate surface area is 115 Å². The summed E-state index contributed by atoms with van der Waals surface area (Å²) < 4.78 is 0. The molecule has 0 saturated carbocycles. The van der Waals surface area contributed by atoms with Crippen LogP contribution in [0.5, 0.6) is 0 Å². The maximum absolute atomic E-state index is 11.3. The van der Waals surface area contributed by atoms with Crippen molar-refractivity contribution in [1.29, 1.82) is 0 Å². The quantitative estimate of drug-likeness (QED) is 0.811. The first-order chi connectivity index (χ1) is 8.79. The largest absolute Gasteiger partial charge is 0.366 e. The first kappa shape index (κ1) is 15.4. The van der Waals surface area contributed by atoms with E-state index in [1.54, 1.807) is 12.1 Å². The number of aromatic nitrogens is 1. The van der Waals surface area contributed by atoms with Gasteiger partial charge < -0.3 is 16.4 Å². The Morgan fingerprint density at radius 3 is 2.53 bits per heavy atom. The lowest BCUT2D eigenvalue weighted by molar-refractivity contribution is 0.1000. The van der Waals surface area contributed by atoms with E-state index >= 15 is 0 Å². The van der Waals surface area contributed by atoms with Crippen LogP contribution in [0.15, 0.2) is 12.1 Å². The van der Waals surface area contributed by atoms with E-state index < -0.39 is 5.91 Å². The number of nitrogens with two attached hydrogens (primary N) is 2. The van der Waals surface area contributed by atoms with Gasteiger partial charge in [-0.15, -0.1) is 0 Å². The van der Waals surface area contributed by atoms with Crippen LogP contribution in [0.3, 0.4) is 0 Å². The van der Waals surface area contributed by atoms with Crippen molar-refractivity contribution in [3.8, 4) is 0 Å². The first-order valence-electron chi connectivity index (χ1n) is 6.52. The Morgan fingerprint density at radius 2 is 2.05 bits per heavy atom. The van der Waals surface area contributed by atoms with Crippen molar-refractivity contribution in [3.05, 3.63) is 23.4 Å². The van der Waals surface area contributed by atoms with Crippen LogP contribution in [0, 0.1) is 12.3 Å². The predicted octanol–water partition coefficient (Wildman–Crippen LogP) is 1.30. The highest BCUT2D eigenvalue weighted by atomic mass is 16.1. The van der Waals surface area contributed by atoms with Crippen molar-refractivity contribution >= 4 is 11.7 Å². The van der Waals surface area contributed by atoms with E-state index in [0.717, 1.165) is 24.6 Å². The third-order valence-electron chi connectivity index (χ3n) is 3.10. The Kier molecular flexibility index (Phi) is 4.89. The van der Waals surface area contributed by atoms with Gasteiger partial charge in [0.25, 0.3) is 0 Å². The number of primary amides is 1. The summed E-state index contributed by atoms with van der Waals surface area (Å²) in [6, 6.07) is 3.44. The van der Waals surface area contributed by atoms with Gasteiger partial charge in [-0.1, -0.05) is 13.8 Å². The molecule has 0 aliphatic rings. The molecule has 1 amide bonds. The van der Waals surface area contributed by atoms with Gasteiger partial charge in [0.15, 0.2) is 0 Å². The minimum Gasteiger partial charge on any atom is -0.366 e. The number of nitrogens with zero attached hydrogens (tertiary/aromatic N) is 2.